The quantitative estimate of drug-likeness (QED) is 0.280. The van der Waals surface area contributed by atoms with Crippen molar-refractivity contribution < 1.29 is 29.7 Å². The van der Waals surface area contributed by atoms with Gasteiger partial charge in [0.2, 0.25) is 5.91 Å². The first-order valence-electron chi connectivity index (χ1n) is 11.2. The van der Waals surface area contributed by atoms with Crippen molar-refractivity contribution in [1.29, 1.82) is 0 Å². The molecule has 0 saturated carbocycles. The fraction of sp³-hybridized carbons (Fsp3) is 0.375. The van der Waals surface area contributed by atoms with Crippen molar-refractivity contribution in [3.63, 3.8) is 0 Å². The van der Waals surface area contributed by atoms with E-state index in [1.54, 1.807) is 12.1 Å². The van der Waals surface area contributed by atoms with Crippen LogP contribution in [0.3, 0.4) is 0 Å². The van der Waals surface area contributed by atoms with Gasteiger partial charge < -0.3 is 31.3 Å². The number of phenolic OH excluding ortho intramolecular Hbond substituents is 1. The minimum Gasteiger partial charge on any atom is -0.508 e. The van der Waals surface area contributed by atoms with E-state index in [1.165, 1.54) is 24.3 Å². The molecule has 2 amide bonds. The SMILES string of the molecule is O=C(N[C@@H](CNC(=O)[C@@H]1CCCN1)C(=O)O)c1c(Cl)cc(CCC(O)c2cccc(O)c2)cc1Cl. The largest absolute Gasteiger partial charge is 0.508 e. The molecule has 3 rings (SSSR count). The van der Waals surface area contributed by atoms with E-state index in [1.807, 2.05) is 0 Å². The van der Waals surface area contributed by atoms with Gasteiger partial charge in [0.1, 0.15) is 11.8 Å². The number of benzene rings is 2. The van der Waals surface area contributed by atoms with E-state index in [4.69, 9.17) is 23.2 Å². The Labute approximate surface area is 212 Å². The molecule has 6 N–H and O–H groups in total. The van der Waals surface area contributed by atoms with Crippen LogP contribution in [0.5, 0.6) is 5.75 Å². The van der Waals surface area contributed by atoms with Crippen LogP contribution in [0.15, 0.2) is 36.4 Å². The number of carboxylic acids is 1. The monoisotopic (exact) mass is 523 g/mol. The first kappa shape index (κ1) is 26.7. The molecule has 0 bridgehead atoms. The molecule has 0 spiro atoms. The molecule has 1 heterocycles. The molecule has 1 unspecified atom stereocenters. The second-order valence-corrected chi connectivity index (χ2v) is 9.16. The van der Waals surface area contributed by atoms with Gasteiger partial charge in [-0.2, -0.15) is 0 Å². The third-order valence-corrected chi connectivity index (χ3v) is 6.35. The molecule has 1 aliphatic heterocycles. The van der Waals surface area contributed by atoms with Crippen LogP contribution in [0, 0.1) is 0 Å². The van der Waals surface area contributed by atoms with Crippen LogP contribution in [0.4, 0.5) is 0 Å². The third kappa shape index (κ3) is 7.32. The van der Waals surface area contributed by atoms with Crippen molar-refractivity contribution in [3.8, 4) is 5.75 Å². The molecule has 3 atom stereocenters. The third-order valence-electron chi connectivity index (χ3n) is 5.75. The Morgan fingerprint density at radius 3 is 2.46 bits per heavy atom. The summed E-state index contributed by atoms with van der Waals surface area (Å²) in [6, 6.07) is 7.63. The van der Waals surface area contributed by atoms with Crippen LogP contribution in [0.2, 0.25) is 10.0 Å². The smallest absolute Gasteiger partial charge is 0.328 e. The molecule has 0 aliphatic carbocycles. The van der Waals surface area contributed by atoms with Gasteiger partial charge in [0.15, 0.2) is 0 Å². The van der Waals surface area contributed by atoms with Gasteiger partial charge in [-0.05, 0) is 67.6 Å². The van der Waals surface area contributed by atoms with Crippen molar-refractivity contribution in [1.82, 2.24) is 16.0 Å². The highest BCUT2D eigenvalue weighted by Gasteiger charge is 2.27. The van der Waals surface area contributed by atoms with E-state index in [9.17, 15) is 29.7 Å². The number of carbonyl (C=O) groups excluding carboxylic acids is 2. The minimum atomic E-state index is -1.38. The Bertz CT molecular complexity index is 1070. The van der Waals surface area contributed by atoms with Crippen LogP contribution >= 0.6 is 23.2 Å². The van der Waals surface area contributed by atoms with E-state index in [2.05, 4.69) is 16.0 Å². The zero-order chi connectivity index (χ0) is 25.5. The van der Waals surface area contributed by atoms with Crippen LogP contribution in [0.1, 0.15) is 46.9 Å². The lowest BCUT2D eigenvalue weighted by atomic mass is 10.00. The highest BCUT2D eigenvalue weighted by Crippen LogP contribution is 2.29. The van der Waals surface area contributed by atoms with Gasteiger partial charge >= 0.3 is 5.97 Å². The predicted molar refractivity (Wildman–Crippen MR) is 131 cm³/mol. The molecule has 188 valence electrons. The number of hydrogen-bond donors (Lipinski definition) is 6. The Hall–Kier alpha value is -2.85. The molecular weight excluding hydrogens is 497 g/mol. The van der Waals surface area contributed by atoms with E-state index in [0.717, 1.165) is 13.0 Å². The van der Waals surface area contributed by atoms with Crippen molar-refractivity contribution in [2.75, 3.05) is 13.1 Å². The highest BCUT2D eigenvalue weighted by atomic mass is 35.5. The molecule has 1 saturated heterocycles. The van der Waals surface area contributed by atoms with Crippen molar-refractivity contribution in [2.24, 2.45) is 0 Å². The van der Waals surface area contributed by atoms with Gasteiger partial charge in [0.05, 0.1) is 27.8 Å². The molecule has 11 heteroatoms. The number of hydrogen-bond acceptors (Lipinski definition) is 6. The lowest BCUT2D eigenvalue weighted by Crippen LogP contribution is -2.51. The molecule has 35 heavy (non-hydrogen) atoms. The normalized spacial score (nSPS) is 16.9. The standard InChI is InChI=1S/C24H27Cl2N3O6/c25-16-9-13(6-7-20(31)14-3-1-4-15(30)11-14)10-17(26)21(16)23(33)29-19(24(34)35)12-28-22(32)18-5-2-8-27-18/h1,3-4,9-11,18-20,27,30-31H,2,5-8,12H2,(H,28,32)(H,29,33)(H,34,35)/t18-,19-,20?/m0/s1. The average molecular weight is 524 g/mol. The maximum absolute atomic E-state index is 12.8. The zero-order valence-electron chi connectivity index (χ0n) is 18.8. The van der Waals surface area contributed by atoms with Gasteiger partial charge in [-0.25, -0.2) is 4.79 Å². The summed E-state index contributed by atoms with van der Waals surface area (Å²) in [5.41, 5.74) is 1.15. The summed E-state index contributed by atoms with van der Waals surface area (Å²) in [4.78, 5) is 36.5. The number of amides is 2. The van der Waals surface area contributed by atoms with Crippen molar-refractivity contribution in [2.45, 2.75) is 43.9 Å². The molecular formula is C24H27Cl2N3O6. The number of aliphatic hydroxyl groups is 1. The molecule has 2 aromatic carbocycles. The summed E-state index contributed by atoms with van der Waals surface area (Å²) >= 11 is 12.6. The van der Waals surface area contributed by atoms with Crippen LogP contribution in [-0.2, 0) is 16.0 Å². The summed E-state index contributed by atoms with van der Waals surface area (Å²) in [5.74, 6) is -2.37. The summed E-state index contributed by atoms with van der Waals surface area (Å²) in [6.07, 6.45) is 1.40. The lowest BCUT2D eigenvalue weighted by Gasteiger charge is -2.18. The Balaban J connectivity index is 1.62. The number of halogens is 2. The van der Waals surface area contributed by atoms with Gasteiger partial charge in [-0.3, -0.25) is 9.59 Å². The highest BCUT2D eigenvalue weighted by molar-refractivity contribution is 6.39. The first-order valence-corrected chi connectivity index (χ1v) is 11.9. The molecule has 9 nitrogen and oxygen atoms in total. The predicted octanol–water partition coefficient (Wildman–Crippen LogP) is 2.42. The molecule has 0 radical (unpaired) electrons. The number of phenols is 1. The number of aliphatic carboxylic acids is 1. The van der Waals surface area contributed by atoms with Crippen molar-refractivity contribution >= 4 is 41.0 Å². The lowest BCUT2D eigenvalue weighted by molar-refractivity contribution is -0.139. The van der Waals surface area contributed by atoms with E-state index in [-0.39, 0.29) is 39.9 Å². The maximum Gasteiger partial charge on any atom is 0.328 e. The second kappa shape index (κ2) is 12.2. The zero-order valence-corrected chi connectivity index (χ0v) is 20.3. The summed E-state index contributed by atoms with van der Waals surface area (Å²) < 4.78 is 0. The summed E-state index contributed by atoms with van der Waals surface area (Å²) in [5, 5.41) is 37.4. The van der Waals surface area contributed by atoms with Crippen LogP contribution < -0.4 is 16.0 Å². The second-order valence-electron chi connectivity index (χ2n) is 8.34. The average Bonchev–Trinajstić information content (AvgIpc) is 3.34. The molecule has 1 fully saturated rings. The van der Waals surface area contributed by atoms with Gasteiger partial charge in [0, 0.05) is 6.54 Å². The van der Waals surface area contributed by atoms with E-state index < -0.39 is 24.0 Å². The van der Waals surface area contributed by atoms with Crippen LogP contribution in [0.25, 0.3) is 0 Å². The fourth-order valence-corrected chi connectivity index (χ4v) is 4.56. The van der Waals surface area contributed by atoms with Crippen molar-refractivity contribution in [3.05, 3.63) is 63.1 Å². The van der Waals surface area contributed by atoms with E-state index >= 15 is 0 Å². The number of aryl methyl sites for hydroxylation is 1. The van der Waals surface area contributed by atoms with Gasteiger partial charge in [-0.15, -0.1) is 0 Å². The Kier molecular flexibility index (Phi) is 9.33. The van der Waals surface area contributed by atoms with Crippen LogP contribution in [-0.4, -0.2) is 58.3 Å². The fourth-order valence-electron chi connectivity index (χ4n) is 3.85. The Morgan fingerprint density at radius 1 is 1.14 bits per heavy atom. The topological polar surface area (TPSA) is 148 Å². The molecule has 1 aliphatic rings. The Morgan fingerprint density at radius 2 is 1.86 bits per heavy atom. The number of carbonyl (C=O) groups is 3. The maximum atomic E-state index is 12.8. The number of aliphatic hydroxyl groups excluding tert-OH is 1. The van der Waals surface area contributed by atoms with Gasteiger partial charge in [0.25, 0.3) is 5.91 Å². The van der Waals surface area contributed by atoms with Gasteiger partial charge in [-0.1, -0.05) is 35.3 Å². The van der Waals surface area contributed by atoms with E-state index in [0.29, 0.717) is 30.4 Å². The molecule has 2 aromatic rings. The summed E-state index contributed by atoms with van der Waals surface area (Å²) in [7, 11) is 0. The first-order chi connectivity index (χ1) is 16.7. The number of rotatable bonds is 10. The molecule has 0 aromatic heterocycles. The number of carboxylic acid groups (broad SMARTS) is 1. The number of nitrogens with one attached hydrogen (secondary N) is 3. The minimum absolute atomic E-state index is 0.0279. The number of aromatic hydroxyl groups is 1. The summed E-state index contributed by atoms with van der Waals surface area (Å²) in [6.45, 7) is 0.428.